The summed E-state index contributed by atoms with van der Waals surface area (Å²) in [5.74, 6) is 1.59. The van der Waals surface area contributed by atoms with Crippen LogP contribution in [0.25, 0.3) is 12.2 Å². The summed E-state index contributed by atoms with van der Waals surface area (Å²) in [7, 11) is 3.32. The zero-order valence-electron chi connectivity index (χ0n) is 14.2. The highest BCUT2D eigenvalue weighted by Gasteiger charge is 2.10. The molecule has 0 radical (unpaired) electrons. The molecule has 2 aromatic carbocycles. The van der Waals surface area contributed by atoms with Gasteiger partial charge < -0.3 is 19.1 Å². The van der Waals surface area contributed by atoms with Crippen LogP contribution in [0.4, 0.5) is 5.69 Å². The summed E-state index contributed by atoms with van der Waals surface area (Å²) in [5.41, 5.74) is 3.43. The first kappa shape index (κ1) is 16.4. The maximum Gasteiger partial charge on any atom is 0.129 e. The molecule has 0 spiro atoms. The molecule has 24 heavy (non-hydrogen) atoms. The van der Waals surface area contributed by atoms with Crippen LogP contribution in [0, 0.1) is 0 Å². The molecule has 0 atom stereocenters. The standard InChI is InChI=1S/C20H23NO3/c1-22-19-10-7-17(20(15-19)23-2)6-3-16-4-8-18(9-5-16)21-11-13-24-14-12-21/h3-10,15H,11-14H2,1-2H3. The largest absolute Gasteiger partial charge is 0.497 e. The second-order valence-electron chi connectivity index (χ2n) is 5.63. The Hall–Kier alpha value is -2.46. The third kappa shape index (κ3) is 3.89. The van der Waals surface area contributed by atoms with Crippen LogP contribution in [-0.4, -0.2) is 40.5 Å². The first-order valence-electron chi connectivity index (χ1n) is 8.13. The summed E-state index contributed by atoms with van der Waals surface area (Å²) < 4.78 is 16.0. The Morgan fingerprint density at radius 2 is 1.67 bits per heavy atom. The van der Waals surface area contributed by atoms with Gasteiger partial charge in [0.1, 0.15) is 11.5 Å². The zero-order chi connectivity index (χ0) is 16.8. The quantitative estimate of drug-likeness (QED) is 0.784. The van der Waals surface area contributed by atoms with Gasteiger partial charge in [-0.15, -0.1) is 0 Å². The molecule has 0 unspecified atom stereocenters. The van der Waals surface area contributed by atoms with E-state index in [4.69, 9.17) is 14.2 Å². The van der Waals surface area contributed by atoms with E-state index in [1.165, 1.54) is 5.69 Å². The van der Waals surface area contributed by atoms with Gasteiger partial charge in [0, 0.05) is 30.4 Å². The van der Waals surface area contributed by atoms with Crippen molar-refractivity contribution in [2.75, 3.05) is 45.4 Å². The van der Waals surface area contributed by atoms with Gasteiger partial charge in [0.25, 0.3) is 0 Å². The van der Waals surface area contributed by atoms with Crippen molar-refractivity contribution in [2.24, 2.45) is 0 Å². The lowest BCUT2D eigenvalue weighted by Gasteiger charge is -2.28. The highest BCUT2D eigenvalue weighted by Crippen LogP contribution is 2.26. The second-order valence-corrected chi connectivity index (χ2v) is 5.63. The molecule has 4 heteroatoms. The number of nitrogens with zero attached hydrogens (tertiary/aromatic N) is 1. The Balaban J connectivity index is 1.72. The van der Waals surface area contributed by atoms with E-state index < -0.39 is 0 Å². The molecule has 4 nitrogen and oxygen atoms in total. The van der Waals surface area contributed by atoms with Gasteiger partial charge in [0.2, 0.25) is 0 Å². The predicted molar refractivity (Wildman–Crippen MR) is 97.9 cm³/mol. The average Bonchev–Trinajstić information content (AvgIpc) is 2.67. The maximum atomic E-state index is 5.42. The van der Waals surface area contributed by atoms with Crippen molar-refractivity contribution in [1.29, 1.82) is 0 Å². The minimum absolute atomic E-state index is 0.791. The number of morpholine rings is 1. The van der Waals surface area contributed by atoms with E-state index in [0.29, 0.717) is 0 Å². The van der Waals surface area contributed by atoms with Crippen molar-refractivity contribution in [3.05, 3.63) is 53.6 Å². The van der Waals surface area contributed by atoms with Crippen LogP contribution in [0.2, 0.25) is 0 Å². The fourth-order valence-electron chi connectivity index (χ4n) is 2.76. The van der Waals surface area contributed by atoms with E-state index in [2.05, 4.69) is 41.3 Å². The highest BCUT2D eigenvalue weighted by molar-refractivity contribution is 5.73. The van der Waals surface area contributed by atoms with E-state index in [0.717, 1.165) is 48.9 Å². The molecule has 1 aliphatic heterocycles. The first-order valence-corrected chi connectivity index (χ1v) is 8.13. The first-order chi connectivity index (χ1) is 11.8. The molecular weight excluding hydrogens is 302 g/mol. The third-order valence-electron chi connectivity index (χ3n) is 4.17. The zero-order valence-corrected chi connectivity index (χ0v) is 14.2. The summed E-state index contributed by atoms with van der Waals surface area (Å²) in [6.45, 7) is 3.52. The van der Waals surface area contributed by atoms with Gasteiger partial charge in [-0.25, -0.2) is 0 Å². The molecule has 1 heterocycles. The average molecular weight is 325 g/mol. The summed E-state index contributed by atoms with van der Waals surface area (Å²) >= 11 is 0. The molecule has 0 amide bonds. The summed E-state index contributed by atoms with van der Waals surface area (Å²) in [4.78, 5) is 2.35. The number of ether oxygens (including phenoxy) is 3. The van der Waals surface area contributed by atoms with Gasteiger partial charge in [0.15, 0.2) is 0 Å². The molecule has 0 N–H and O–H groups in total. The minimum atomic E-state index is 0.791. The lowest BCUT2D eigenvalue weighted by Crippen LogP contribution is -2.36. The number of hydrogen-bond donors (Lipinski definition) is 0. The topological polar surface area (TPSA) is 30.9 Å². The second kappa shape index (κ2) is 7.88. The molecule has 1 fully saturated rings. The summed E-state index contributed by atoms with van der Waals surface area (Å²) in [6, 6.07) is 14.4. The molecule has 0 aliphatic carbocycles. The number of benzene rings is 2. The number of hydrogen-bond acceptors (Lipinski definition) is 4. The monoisotopic (exact) mass is 325 g/mol. The Bertz CT molecular complexity index is 689. The van der Waals surface area contributed by atoms with Crippen molar-refractivity contribution >= 4 is 17.8 Å². The van der Waals surface area contributed by atoms with E-state index in [-0.39, 0.29) is 0 Å². The van der Waals surface area contributed by atoms with E-state index in [9.17, 15) is 0 Å². The Kier molecular flexibility index (Phi) is 5.39. The molecule has 3 rings (SSSR count). The Morgan fingerprint density at radius 1 is 0.917 bits per heavy atom. The SMILES string of the molecule is COc1ccc(C=Cc2ccc(N3CCOCC3)cc2)c(OC)c1. The van der Waals surface area contributed by atoms with Crippen LogP contribution in [0.5, 0.6) is 11.5 Å². The molecule has 2 aromatic rings. The molecule has 0 aromatic heterocycles. The van der Waals surface area contributed by atoms with Crippen LogP contribution in [0.15, 0.2) is 42.5 Å². The van der Waals surface area contributed by atoms with Crippen molar-refractivity contribution in [2.45, 2.75) is 0 Å². The van der Waals surface area contributed by atoms with Crippen molar-refractivity contribution in [3.63, 3.8) is 0 Å². The van der Waals surface area contributed by atoms with Gasteiger partial charge in [0.05, 0.1) is 27.4 Å². The fourth-order valence-corrected chi connectivity index (χ4v) is 2.76. The van der Waals surface area contributed by atoms with E-state index >= 15 is 0 Å². The smallest absolute Gasteiger partial charge is 0.129 e. The van der Waals surface area contributed by atoms with Crippen molar-refractivity contribution in [1.82, 2.24) is 0 Å². The lowest BCUT2D eigenvalue weighted by atomic mass is 10.1. The molecule has 1 saturated heterocycles. The van der Waals surface area contributed by atoms with Gasteiger partial charge in [-0.1, -0.05) is 24.3 Å². The molecule has 0 saturated carbocycles. The Labute approximate surface area is 143 Å². The molecule has 1 aliphatic rings. The van der Waals surface area contributed by atoms with Crippen LogP contribution in [0.3, 0.4) is 0 Å². The summed E-state index contributed by atoms with van der Waals surface area (Å²) in [6.07, 6.45) is 4.15. The number of methoxy groups -OCH3 is 2. The van der Waals surface area contributed by atoms with Crippen LogP contribution >= 0.6 is 0 Å². The van der Waals surface area contributed by atoms with Gasteiger partial charge in [-0.3, -0.25) is 0 Å². The van der Waals surface area contributed by atoms with Crippen molar-refractivity contribution < 1.29 is 14.2 Å². The van der Waals surface area contributed by atoms with Crippen LogP contribution in [-0.2, 0) is 4.74 Å². The number of anilines is 1. The molecule has 126 valence electrons. The van der Waals surface area contributed by atoms with Gasteiger partial charge >= 0.3 is 0 Å². The van der Waals surface area contributed by atoms with Gasteiger partial charge in [-0.2, -0.15) is 0 Å². The Morgan fingerprint density at radius 3 is 2.33 bits per heavy atom. The molecule has 0 bridgehead atoms. The summed E-state index contributed by atoms with van der Waals surface area (Å²) in [5, 5.41) is 0. The number of rotatable bonds is 5. The highest BCUT2D eigenvalue weighted by atomic mass is 16.5. The molecular formula is C20H23NO3. The fraction of sp³-hybridized carbons (Fsp3) is 0.300. The normalized spacial score (nSPS) is 14.8. The van der Waals surface area contributed by atoms with Crippen molar-refractivity contribution in [3.8, 4) is 11.5 Å². The van der Waals surface area contributed by atoms with Gasteiger partial charge in [-0.05, 0) is 29.8 Å². The minimum Gasteiger partial charge on any atom is -0.497 e. The maximum absolute atomic E-state index is 5.42. The van der Waals surface area contributed by atoms with E-state index in [1.807, 2.05) is 18.2 Å². The lowest BCUT2D eigenvalue weighted by molar-refractivity contribution is 0.122. The van der Waals surface area contributed by atoms with Crippen LogP contribution in [0.1, 0.15) is 11.1 Å². The van der Waals surface area contributed by atoms with Crippen LogP contribution < -0.4 is 14.4 Å². The van der Waals surface area contributed by atoms with E-state index in [1.54, 1.807) is 14.2 Å². The third-order valence-corrected chi connectivity index (χ3v) is 4.17. The predicted octanol–water partition coefficient (Wildman–Crippen LogP) is 3.71.